The predicted molar refractivity (Wildman–Crippen MR) is 372 cm³/mol. The highest BCUT2D eigenvalue weighted by atomic mass is 15.1. The second kappa shape index (κ2) is 19.3. The number of aromatic nitrogens is 6. The van der Waals surface area contributed by atoms with Gasteiger partial charge in [-0.05, 0) is 132 Å². The van der Waals surface area contributed by atoms with Crippen molar-refractivity contribution < 1.29 is 0 Å². The molecule has 89 heavy (non-hydrogen) atoms. The van der Waals surface area contributed by atoms with E-state index in [0.717, 1.165) is 89.6 Å². The highest BCUT2D eigenvalue weighted by molar-refractivity contribution is 6.29. The summed E-state index contributed by atoms with van der Waals surface area (Å²) in [4.78, 5) is 5.34. The standard InChI is InChI=1S/C83H52N6/c1-4-22-54(23-5-1)68-34-21-41-79(84-68)89-71-37-17-12-30-63(71)66-50-67-76(51-75(66)89)88(57-26-8-3-9-27-57)74-40-20-33-60(81(67)74)53-42-46-59(47-43-53)87-73-39-19-14-32-65(73)83-78(87)52-77-82(64-31-13-18-38-72(64)86(77)56-24-6-2-7-25-56)80(83)55-44-48-58(49-45-55)85-69-35-15-10-28-61(69)62-29-11-16-36-70(62)85/h1-52H. The van der Waals surface area contributed by atoms with E-state index in [1.165, 1.54) is 81.5 Å². The summed E-state index contributed by atoms with van der Waals surface area (Å²) in [5, 5.41) is 12.2. The van der Waals surface area contributed by atoms with E-state index in [0.29, 0.717) is 0 Å². The minimum Gasteiger partial charge on any atom is -0.309 e. The molecule has 0 saturated carbocycles. The fraction of sp³-hybridized carbons (Fsp3) is 0. The summed E-state index contributed by atoms with van der Waals surface area (Å²) in [6, 6.07) is 115. The number of nitrogens with zero attached hydrogens (tertiary/aromatic N) is 6. The molecule has 0 N–H and O–H groups in total. The van der Waals surface area contributed by atoms with Gasteiger partial charge in [-0.2, -0.15) is 0 Å². The molecule has 0 unspecified atom stereocenters. The fourth-order valence-electron chi connectivity index (χ4n) is 15.0. The molecule has 6 nitrogen and oxygen atoms in total. The van der Waals surface area contributed by atoms with Crippen molar-refractivity contribution >= 4 is 109 Å². The van der Waals surface area contributed by atoms with E-state index in [1.807, 2.05) is 0 Å². The first kappa shape index (κ1) is 49.3. The van der Waals surface area contributed by atoms with Gasteiger partial charge in [-0.3, -0.25) is 4.57 Å². The Balaban J connectivity index is 0.823. The van der Waals surface area contributed by atoms with Crippen LogP contribution in [-0.4, -0.2) is 27.8 Å². The predicted octanol–water partition coefficient (Wildman–Crippen LogP) is 21.6. The van der Waals surface area contributed by atoms with Crippen molar-refractivity contribution in [2.75, 3.05) is 0 Å². The zero-order valence-corrected chi connectivity index (χ0v) is 48.2. The zero-order valence-electron chi connectivity index (χ0n) is 48.2. The zero-order chi connectivity index (χ0) is 58.3. The Labute approximate surface area is 511 Å². The van der Waals surface area contributed by atoms with Crippen LogP contribution in [0.15, 0.2) is 315 Å². The third-order valence-corrected chi connectivity index (χ3v) is 18.7. The number of hydrogen-bond acceptors (Lipinski definition) is 1. The summed E-state index contributed by atoms with van der Waals surface area (Å²) >= 11 is 0. The Morgan fingerprint density at radius 2 is 0.596 bits per heavy atom. The highest BCUT2D eigenvalue weighted by Crippen LogP contribution is 2.49. The molecule has 19 aromatic rings. The largest absolute Gasteiger partial charge is 0.309 e. The molecule has 0 bridgehead atoms. The van der Waals surface area contributed by atoms with Gasteiger partial charge in [0.25, 0.3) is 0 Å². The molecule has 0 aliphatic heterocycles. The normalized spacial score (nSPS) is 12.0. The molecule has 0 aliphatic carbocycles. The van der Waals surface area contributed by atoms with Gasteiger partial charge >= 0.3 is 0 Å². The van der Waals surface area contributed by atoms with Crippen molar-refractivity contribution in [2.24, 2.45) is 0 Å². The maximum absolute atomic E-state index is 5.34. The van der Waals surface area contributed by atoms with Crippen LogP contribution in [-0.2, 0) is 0 Å². The molecular weight excluding hydrogens is 1080 g/mol. The Kier molecular flexibility index (Phi) is 10.7. The van der Waals surface area contributed by atoms with Crippen molar-refractivity contribution in [3.63, 3.8) is 0 Å². The molecular formula is C83H52N6. The van der Waals surface area contributed by atoms with Gasteiger partial charge in [-0.1, -0.05) is 200 Å². The van der Waals surface area contributed by atoms with E-state index in [-0.39, 0.29) is 0 Å². The Morgan fingerprint density at radius 3 is 1.16 bits per heavy atom. The first-order chi connectivity index (χ1) is 44.2. The Hall–Kier alpha value is -12.0. The quantitative estimate of drug-likeness (QED) is 0.149. The number of para-hydroxylation sites is 7. The van der Waals surface area contributed by atoms with Crippen LogP contribution in [0.25, 0.3) is 171 Å². The Morgan fingerprint density at radius 1 is 0.202 bits per heavy atom. The SMILES string of the molecule is c1ccc(-c2cccc(-n3c4ccccc4c4cc5c6c(-c7ccc(-n8c9ccccc9c9c(-c%10ccc(-n%11c%12ccccc%12c%12ccccc%12%11)cc%10)c%10c%11ccccc%11n(-c%11ccccc%11)c%10cc98)cc7)cccc6n(-c6ccccc6)c5cc43)n2)cc1. The van der Waals surface area contributed by atoms with E-state index in [4.69, 9.17) is 4.98 Å². The third kappa shape index (κ3) is 7.29. The van der Waals surface area contributed by atoms with Gasteiger partial charge in [-0.15, -0.1) is 0 Å². The minimum atomic E-state index is 0.882. The topological polar surface area (TPSA) is 37.5 Å². The van der Waals surface area contributed by atoms with Gasteiger partial charge in [0.1, 0.15) is 5.82 Å². The van der Waals surface area contributed by atoms with Crippen LogP contribution in [0.1, 0.15) is 0 Å². The molecule has 0 spiro atoms. The van der Waals surface area contributed by atoms with Gasteiger partial charge in [-0.25, -0.2) is 4.98 Å². The van der Waals surface area contributed by atoms with E-state index >= 15 is 0 Å². The van der Waals surface area contributed by atoms with Gasteiger partial charge in [0, 0.05) is 87.7 Å². The second-order valence-corrected chi connectivity index (χ2v) is 23.4. The van der Waals surface area contributed by atoms with Crippen molar-refractivity contribution in [3.8, 4) is 62.1 Å². The van der Waals surface area contributed by atoms with Crippen molar-refractivity contribution in [1.29, 1.82) is 0 Å². The molecule has 0 saturated heterocycles. The monoisotopic (exact) mass is 1130 g/mol. The van der Waals surface area contributed by atoms with E-state index in [2.05, 4.69) is 338 Å². The highest BCUT2D eigenvalue weighted by Gasteiger charge is 2.26. The summed E-state index contributed by atoms with van der Waals surface area (Å²) in [5.74, 6) is 0.882. The summed E-state index contributed by atoms with van der Waals surface area (Å²) in [7, 11) is 0. The van der Waals surface area contributed by atoms with E-state index in [9.17, 15) is 0 Å². The average Bonchev–Trinajstić information content (AvgIpc) is 1.59. The molecule has 6 aromatic heterocycles. The van der Waals surface area contributed by atoms with Crippen molar-refractivity contribution in [1.82, 2.24) is 27.8 Å². The maximum Gasteiger partial charge on any atom is 0.138 e. The van der Waals surface area contributed by atoms with Gasteiger partial charge in [0.15, 0.2) is 0 Å². The lowest BCUT2D eigenvalue weighted by molar-refractivity contribution is 1.08. The smallest absolute Gasteiger partial charge is 0.138 e. The third-order valence-electron chi connectivity index (χ3n) is 18.7. The molecule has 6 heterocycles. The van der Waals surface area contributed by atoms with Crippen molar-refractivity contribution in [2.45, 2.75) is 0 Å². The van der Waals surface area contributed by atoms with Crippen LogP contribution in [0.5, 0.6) is 0 Å². The molecule has 13 aromatic carbocycles. The van der Waals surface area contributed by atoms with Crippen LogP contribution >= 0.6 is 0 Å². The molecule has 0 radical (unpaired) electrons. The van der Waals surface area contributed by atoms with Crippen LogP contribution in [0.4, 0.5) is 0 Å². The van der Waals surface area contributed by atoms with Gasteiger partial charge < -0.3 is 18.3 Å². The summed E-state index contributed by atoms with van der Waals surface area (Å²) < 4.78 is 12.2. The Bertz CT molecular complexity index is 6010. The van der Waals surface area contributed by atoms with Crippen LogP contribution in [0.2, 0.25) is 0 Å². The van der Waals surface area contributed by atoms with Crippen LogP contribution in [0.3, 0.4) is 0 Å². The molecule has 19 rings (SSSR count). The fourth-order valence-corrected chi connectivity index (χ4v) is 15.0. The first-order valence-electron chi connectivity index (χ1n) is 30.5. The lowest BCUT2D eigenvalue weighted by Gasteiger charge is -2.14. The summed E-state index contributed by atoms with van der Waals surface area (Å²) in [6.07, 6.45) is 0. The molecule has 0 aliphatic rings. The number of pyridine rings is 1. The lowest BCUT2D eigenvalue weighted by Crippen LogP contribution is -1.99. The number of fused-ring (bicyclic) bond motifs is 15. The van der Waals surface area contributed by atoms with E-state index < -0.39 is 0 Å². The summed E-state index contributed by atoms with van der Waals surface area (Å²) in [6.45, 7) is 0. The number of benzene rings is 13. The average molecular weight is 1130 g/mol. The molecule has 6 heteroatoms. The molecule has 0 amide bonds. The second-order valence-electron chi connectivity index (χ2n) is 23.4. The van der Waals surface area contributed by atoms with Crippen molar-refractivity contribution in [3.05, 3.63) is 315 Å². The number of rotatable bonds is 8. The first-order valence-corrected chi connectivity index (χ1v) is 30.5. The van der Waals surface area contributed by atoms with Gasteiger partial charge in [0.2, 0.25) is 0 Å². The summed E-state index contributed by atoms with van der Waals surface area (Å²) in [5.41, 5.74) is 22.7. The van der Waals surface area contributed by atoms with E-state index in [1.54, 1.807) is 0 Å². The lowest BCUT2D eigenvalue weighted by atomic mass is 9.94. The van der Waals surface area contributed by atoms with Crippen LogP contribution < -0.4 is 0 Å². The number of hydrogen-bond donors (Lipinski definition) is 0. The van der Waals surface area contributed by atoms with Crippen LogP contribution in [0, 0.1) is 0 Å². The molecule has 414 valence electrons. The molecule has 0 atom stereocenters. The maximum atomic E-state index is 5.34. The van der Waals surface area contributed by atoms with Gasteiger partial charge in [0.05, 0.1) is 60.9 Å². The molecule has 0 fully saturated rings. The minimum absolute atomic E-state index is 0.882.